The Bertz CT molecular complexity index is 404. The maximum atomic E-state index is 11.9. The molecule has 0 heterocycles. The van der Waals surface area contributed by atoms with Gasteiger partial charge in [0.2, 0.25) is 5.91 Å². The van der Waals surface area contributed by atoms with Crippen molar-refractivity contribution in [3.63, 3.8) is 0 Å². The summed E-state index contributed by atoms with van der Waals surface area (Å²) in [4.78, 5) is 11.9. The van der Waals surface area contributed by atoms with E-state index in [1.165, 1.54) is 0 Å². The third-order valence-electron chi connectivity index (χ3n) is 2.88. The first-order chi connectivity index (χ1) is 7.94. The van der Waals surface area contributed by atoms with E-state index in [4.69, 9.17) is 0 Å². The van der Waals surface area contributed by atoms with Crippen molar-refractivity contribution >= 4 is 12.0 Å². The van der Waals surface area contributed by atoms with Crippen molar-refractivity contribution in [2.24, 2.45) is 0 Å². The van der Waals surface area contributed by atoms with Crippen molar-refractivity contribution in [2.75, 3.05) is 0 Å². The predicted molar refractivity (Wildman–Crippen MR) is 72.6 cm³/mol. The minimum Gasteiger partial charge on any atom is -0.347 e. The summed E-state index contributed by atoms with van der Waals surface area (Å²) in [5.41, 5.74) is 1.63. The second-order valence-electron chi connectivity index (χ2n) is 4.93. The van der Waals surface area contributed by atoms with E-state index in [1.54, 1.807) is 0 Å². The Labute approximate surface area is 104 Å². The Morgan fingerprint density at radius 1 is 1.29 bits per heavy atom. The molecule has 0 saturated carbocycles. The van der Waals surface area contributed by atoms with Gasteiger partial charge in [0, 0.05) is 11.1 Å². The van der Waals surface area contributed by atoms with E-state index in [2.05, 4.69) is 12.2 Å². The van der Waals surface area contributed by atoms with Crippen LogP contribution in [0.4, 0.5) is 0 Å². The van der Waals surface area contributed by atoms with Crippen LogP contribution in [0.5, 0.6) is 0 Å². The lowest BCUT2D eigenvalue weighted by Gasteiger charge is -2.24. The Morgan fingerprint density at radius 2 is 1.88 bits per heavy atom. The third-order valence-corrected chi connectivity index (χ3v) is 2.88. The number of carbonyl (C=O) groups is 1. The van der Waals surface area contributed by atoms with Crippen molar-refractivity contribution < 1.29 is 4.79 Å². The largest absolute Gasteiger partial charge is 0.347 e. The van der Waals surface area contributed by atoms with Gasteiger partial charge in [-0.2, -0.15) is 0 Å². The standard InChI is InChI=1S/C15H21NO/c1-5-15(3,4)16-14(17)12(2)11-13-9-7-6-8-10-13/h6-11H,5H2,1-4H3,(H,16,17)/b12-11+. The molecule has 1 N–H and O–H groups in total. The van der Waals surface area contributed by atoms with E-state index in [-0.39, 0.29) is 11.4 Å². The third kappa shape index (κ3) is 4.43. The summed E-state index contributed by atoms with van der Waals surface area (Å²) >= 11 is 0. The first-order valence-corrected chi connectivity index (χ1v) is 6.00. The molecule has 0 fully saturated rings. The lowest BCUT2D eigenvalue weighted by atomic mass is 10.0. The van der Waals surface area contributed by atoms with E-state index in [9.17, 15) is 4.79 Å². The molecule has 0 aliphatic heterocycles. The first kappa shape index (κ1) is 13.5. The zero-order chi connectivity index (χ0) is 12.9. The smallest absolute Gasteiger partial charge is 0.247 e. The molecule has 2 heteroatoms. The molecule has 0 spiro atoms. The number of carbonyl (C=O) groups excluding carboxylic acids is 1. The fourth-order valence-corrected chi connectivity index (χ4v) is 1.36. The summed E-state index contributed by atoms with van der Waals surface area (Å²) in [6, 6.07) is 9.87. The lowest BCUT2D eigenvalue weighted by molar-refractivity contribution is -0.118. The highest BCUT2D eigenvalue weighted by molar-refractivity contribution is 5.97. The molecule has 1 amide bonds. The first-order valence-electron chi connectivity index (χ1n) is 6.00. The van der Waals surface area contributed by atoms with E-state index in [0.29, 0.717) is 0 Å². The highest BCUT2D eigenvalue weighted by Crippen LogP contribution is 2.10. The molecule has 1 rings (SSSR count). The number of hydrogen-bond acceptors (Lipinski definition) is 1. The van der Waals surface area contributed by atoms with Gasteiger partial charge in [0.1, 0.15) is 0 Å². The van der Waals surface area contributed by atoms with Crippen molar-refractivity contribution in [1.29, 1.82) is 0 Å². The number of rotatable bonds is 4. The van der Waals surface area contributed by atoms with E-state index in [0.717, 1.165) is 17.6 Å². The molecule has 1 aromatic rings. The summed E-state index contributed by atoms with van der Waals surface area (Å²) in [6.45, 7) is 7.96. The van der Waals surface area contributed by atoms with E-state index in [1.807, 2.05) is 57.2 Å². The highest BCUT2D eigenvalue weighted by atomic mass is 16.1. The van der Waals surface area contributed by atoms with Crippen LogP contribution in [0.25, 0.3) is 6.08 Å². The molecule has 2 nitrogen and oxygen atoms in total. The normalized spacial score (nSPS) is 12.4. The zero-order valence-corrected chi connectivity index (χ0v) is 11.1. The van der Waals surface area contributed by atoms with Crippen molar-refractivity contribution in [2.45, 2.75) is 39.7 Å². The summed E-state index contributed by atoms with van der Waals surface area (Å²) in [6.07, 6.45) is 2.82. The van der Waals surface area contributed by atoms with Crippen molar-refractivity contribution in [3.8, 4) is 0 Å². The van der Waals surface area contributed by atoms with Crippen molar-refractivity contribution in [3.05, 3.63) is 41.5 Å². The Hall–Kier alpha value is -1.57. The van der Waals surface area contributed by atoms with Gasteiger partial charge >= 0.3 is 0 Å². The van der Waals surface area contributed by atoms with Crippen LogP contribution in [0.2, 0.25) is 0 Å². The van der Waals surface area contributed by atoms with Crippen LogP contribution in [-0.4, -0.2) is 11.4 Å². The maximum Gasteiger partial charge on any atom is 0.247 e. The maximum absolute atomic E-state index is 11.9. The molecule has 0 radical (unpaired) electrons. The molecule has 0 aromatic heterocycles. The summed E-state index contributed by atoms with van der Waals surface area (Å²) in [5, 5.41) is 3.02. The SMILES string of the molecule is CCC(C)(C)NC(=O)/C(C)=C/c1ccccc1. The Balaban J connectivity index is 2.74. The van der Waals surface area contributed by atoms with Gasteiger partial charge in [0.15, 0.2) is 0 Å². The molecule has 17 heavy (non-hydrogen) atoms. The molecular weight excluding hydrogens is 210 g/mol. The van der Waals surface area contributed by atoms with Gasteiger partial charge in [0.25, 0.3) is 0 Å². The number of benzene rings is 1. The molecule has 0 atom stereocenters. The molecule has 0 unspecified atom stereocenters. The molecular formula is C15H21NO. The molecule has 0 aliphatic carbocycles. The fourth-order valence-electron chi connectivity index (χ4n) is 1.36. The number of nitrogens with one attached hydrogen (secondary N) is 1. The molecule has 92 valence electrons. The highest BCUT2D eigenvalue weighted by Gasteiger charge is 2.18. The molecule has 1 aromatic carbocycles. The topological polar surface area (TPSA) is 29.1 Å². The van der Waals surface area contributed by atoms with Crippen LogP contribution >= 0.6 is 0 Å². The summed E-state index contributed by atoms with van der Waals surface area (Å²) < 4.78 is 0. The van der Waals surface area contributed by atoms with Gasteiger partial charge in [-0.1, -0.05) is 37.3 Å². The van der Waals surface area contributed by atoms with Gasteiger partial charge in [0.05, 0.1) is 0 Å². The fraction of sp³-hybridized carbons (Fsp3) is 0.400. The molecule has 0 saturated heterocycles. The minimum absolute atomic E-state index is 0.000651. The monoisotopic (exact) mass is 231 g/mol. The lowest BCUT2D eigenvalue weighted by Crippen LogP contribution is -2.43. The van der Waals surface area contributed by atoms with Gasteiger partial charge < -0.3 is 5.32 Å². The van der Waals surface area contributed by atoms with Gasteiger partial charge in [-0.15, -0.1) is 0 Å². The minimum atomic E-state index is -0.150. The predicted octanol–water partition coefficient (Wildman–Crippen LogP) is 3.39. The second kappa shape index (κ2) is 5.67. The average Bonchev–Trinajstić information content (AvgIpc) is 2.30. The Kier molecular flexibility index (Phi) is 4.50. The van der Waals surface area contributed by atoms with E-state index < -0.39 is 0 Å². The number of hydrogen-bond donors (Lipinski definition) is 1. The number of amides is 1. The zero-order valence-electron chi connectivity index (χ0n) is 11.1. The van der Waals surface area contributed by atoms with Crippen LogP contribution in [0.1, 0.15) is 39.7 Å². The summed E-state index contributed by atoms with van der Waals surface area (Å²) in [5.74, 6) is 0.000651. The van der Waals surface area contributed by atoms with Crippen molar-refractivity contribution in [1.82, 2.24) is 5.32 Å². The van der Waals surface area contributed by atoms with Gasteiger partial charge in [-0.05, 0) is 38.8 Å². The van der Waals surface area contributed by atoms with Crippen LogP contribution in [0, 0.1) is 0 Å². The van der Waals surface area contributed by atoms with Gasteiger partial charge in [-0.25, -0.2) is 0 Å². The second-order valence-corrected chi connectivity index (χ2v) is 4.93. The van der Waals surface area contributed by atoms with Crippen LogP contribution in [0.15, 0.2) is 35.9 Å². The van der Waals surface area contributed by atoms with Crippen LogP contribution in [-0.2, 0) is 4.79 Å². The molecule has 0 bridgehead atoms. The van der Waals surface area contributed by atoms with E-state index >= 15 is 0 Å². The average molecular weight is 231 g/mol. The van der Waals surface area contributed by atoms with Crippen LogP contribution in [0.3, 0.4) is 0 Å². The Morgan fingerprint density at radius 3 is 2.41 bits per heavy atom. The quantitative estimate of drug-likeness (QED) is 0.791. The molecule has 0 aliphatic rings. The summed E-state index contributed by atoms with van der Waals surface area (Å²) in [7, 11) is 0. The van der Waals surface area contributed by atoms with Gasteiger partial charge in [-0.3, -0.25) is 4.79 Å². The van der Waals surface area contributed by atoms with Crippen LogP contribution < -0.4 is 5.32 Å².